The third-order valence-corrected chi connectivity index (χ3v) is 6.44. The van der Waals surface area contributed by atoms with Crippen LogP contribution in [-0.2, 0) is 28.4 Å². The number of nitrogens with two attached hydrogens (primary N) is 1. The molecule has 33 heavy (non-hydrogen) atoms. The standard InChI is InChI=1S/C18H20N5O3S2.ClHO4/c1-12-9-15(14-7-5-4-6-8-14)10-13(2)23(12)11-16(24)20-17-22(3)21-18(27-17)28(19,25)26;2-1(3,4)5/h4-10H,11H2,1-3H3,(H2,19,25,26);(H,2,3,4,5)/q+1;/p-1. The quantitative estimate of drug-likeness (QED) is 0.337. The molecule has 0 aliphatic carbocycles. The van der Waals surface area contributed by atoms with Crippen molar-refractivity contribution in [3.63, 3.8) is 0 Å². The van der Waals surface area contributed by atoms with Crippen molar-refractivity contribution >= 4 is 27.3 Å². The first kappa shape index (κ1) is 26.7. The van der Waals surface area contributed by atoms with Gasteiger partial charge in [0.15, 0.2) is 11.4 Å². The predicted molar refractivity (Wildman–Crippen MR) is 105 cm³/mol. The molecule has 0 bridgehead atoms. The van der Waals surface area contributed by atoms with Gasteiger partial charge in [0, 0.05) is 33.0 Å². The highest BCUT2D eigenvalue weighted by molar-refractivity contribution is 7.91. The van der Waals surface area contributed by atoms with Gasteiger partial charge >= 0.3 is 5.91 Å². The van der Waals surface area contributed by atoms with Crippen molar-refractivity contribution in [2.45, 2.75) is 24.7 Å². The summed E-state index contributed by atoms with van der Waals surface area (Å²) in [5.41, 5.74) is 4.01. The lowest BCUT2D eigenvalue weighted by molar-refractivity contribution is -2.00. The minimum Gasteiger partial charge on any atom is -0.265 e. The molecule has 0 aliphatic rings. The van der Waals surface area contributed by atoms with E-state index in [9.17, 15) is 13.2 Å². The third kappa shape index (κ3) is 8.38. The van der Waals surface area contributed by atoms with E-state index in [0.717, 1.165) is 33.9 Å². The average Bonchev–Trinajstić information content (AvgIpc) is 3.05. The van der Waals surface area contributed by atoms with Crippen molar-refractivity contribution in [1.29, 1.82) is 0 Å². The predicted octanol–water partition coefficient (Wildman–Crippen LogP) is -3.93. The van der Waals surface area contributed by atoms with E-state index in [-0.39, 0.29) is 15.7 Å². The Labute approximate surface area is 195 Å². The van der Waals surface area contributed by atoms with E-state index in [1.165, 1.54) is 11.7 Å². The Kier molecular flexibility index (Phi) is 8.56. The Morgan fingerprint density at radius 1 is 1.12 bits per heavy atom. The average molecular weight is 518 g/mol. The molecule has 1 amide bonds. The zero-order valence-electron chi connectivity index (χ0n) is 17.7. The molecular formula is C18H20ClN5O7S2. The lowest BCUT2D eigenvalue weighted by Gasteiger charge is -2.17. The second kappa shape index (κ2) is 10.6. The number of primary sulfonamides is 1. The van der Waals surface area contributed by atoms with Gasteiger partial charge in [-0.05, 0) is 11.1 Å². The molecule has 178 valence electrons. The van der Waals surface area contributed by atoms with Crippen molar-refractivity contribution in [1.82, 2.24) is 9.78 Å². The number of rotatable bonds is 4. The van der Waals surface area contributed by atoms with Crippen LogP contribution in [0.2, 0.25) is 0 Å². The Hall–Kier alpha value is -2.56. The highest BCUT2D eigenvalue weighted by atomic mass is 35.7. The summed E-state index contributed by atoms with van der Waals surface area (Å²) in [6.45, 7) is 3.90. The Bertz CT molecular complexity index is 1290. The summed E-state index contributed by atoms with van der Waals surface area (Å²) in [7, 11) is -7.37. The number of carbonyl (C=O) groups excluding carboxylic acids is 1. The number of amides is 1. The summed E-state index contributed by atoms with van der Waals surface area (Å²) in [5.74, 6) is -0.413. The number of sulfonamides is 1. The van der Waals surface area contributed by atoms with Crippen LogP contribution < -0.4 is 33.1 Å². The summed E-state index contributed by atoms with van der Waals surface area (Å²) >= 11 is 0.756. The van der Waals surface area contributed by atoms with Gasteiger partial charge in [0.1, 0.15) is 0 Å². The first-order valence-electron chi connectivity index (χ1n) is 8.98. The lowest BCUT2D eigenvalue weighted by Crippen LogP contribution is -2.68. The minimum absolute atomic E-state index is 0.0370. The van der Waals surface area contributed by atoms with Crippen molar-refractivity contribution in [2.24, 2.45) is 17.2 Å². The molecule has 3 rings (SSSR count). The fourth-order valence-electron chi connectivity index (χ4n) is 2.79. The number of aryl methyl sites for hydroxylation is 3. The van der Waals surface area contributed by atoms with Crippen molar-refractivity contribution in [2.75, 3.05) is 0 Å². The molecule has 2 N–H and O–H groups in total. The van der Waals surface area contributed by atoms with Gasteiger partial charge in [0.2, 0.25) is 15.7 Å². The molecular weight excluding hydrogens is 498 g/mol. The van der Waals surface area contributed by atoms with Gasteiger partial charge in [-0.1, -0.05) is 41.7 Å². The molecule has 0 saturated carbocycles. The topological polar surface area (TPSA) is 204 Å². The second-order valence-electron chi connectivity index (χ2n) is 6.68. The number of hydrogen-bond donors (Lipinski definition) is 1. The Morgan fingerprint density at radius 2 is 1.64 bits per heavy atom. The molecule has 0 unspecified atom stereocenters. The Morgan fingerprint density at radius 3 is 2.09 bits per heavy atom. The van der Waals surface area contributed by atoms with Crippen LogP contribution in [0.15, 0.2) is 51.8 Å². The maximum atomic E-state index is 12.4. The second-order valence-corrected chi connectivity index (χ2v) is 10.1. The van der Waals surface area contributed by atoms with E-state index in [4.69, 9.17) is 23.8 Å². The van der Waals surface area contributed by atoms with E-state index < -0.39 is 26.2 Å². The number of pyridine rings is 1. The zero-order valence-corrected chi connectivity index (χ0v) is 20.1. The normalized spacial score (nSPS) is 12.3. The number of aromatic nitrogens is 3. The molecule has 2 heterocycles. The van der Waals surface area contributed by atoms with Crippen LogP contribution in [0.5, 0.6) is 0 Å². The molecule has 0 saturated heterocycles. The van der Waals surface area contributed by atoms with Gasteiger partial charge in [-0.2, -0.15) is 9.56 Å². The molecule has 3 aromatic rings. The van der Waals surface area contributed by atoms with Crippen molar-refractivity contribution in [3.05, 3.63) is 58.7 Å². The molecule has 0 atom stereocenters. The molecule has 1 aromatic carbocycles. The van der Waals surface area contributed by atoms with Crippen molar-refractivity contribution < 1.29 is 46.7 Å². The SMILES string of the molecule is Cc1cc(-c2ccccc2)cc(C)[n+]1CC(=O)N=c1sc(S(N)(=O)=O)nn1C.[O-][Cl+3]([O-])([O-])[O-]. The van der Waals surface area contributed by atoms with E-state index in [1.807, 2.05) is 60.9 Å². The molecule has 0 spiro atoms. The van der Waals surface area contributed by atoms with Crippen LogP contribution in [0.25, 0.3) is 11.1 Å². The van der Waals surface area contributed by atoms with Gasteiger partial charge in [-0.3, -0.25) is 4.79 Å². The summed E-state index contributed by atoms with van der Waals surface area (Å²) in [6, 6.07) is 14.0. The molecule has 0 aliphatic heterocycles. The van der Waals surface area contributed by atoms with E-state index in [0.29, 0.717) is 0 Å². The molecule has 0 fully saturated rings. The highest BCUT2D eigenvalue weighted by Crippen LogP contribution is 2.19. The monoisotopic (exact) mass is 517 g/mol. The summed E-state index contributed by atoms with van der Waals surface area (Å²) in [4.78, 5) is 16.6. The van der Waals surface area contributed by atoms with Gasteiger partial charge in [0.05, 0.1) is 0 Å². The first-order chi connectivity index (χ1) is 15.1. The summed E-state index contributed by atoms with van der Waals surface area (Å²) in [5, 5.41) is 8.86. The van der Waals surface area contributed by atoms with Gasteiger partial charge < -0.3 is 0 Å². The van der Waals surface area contributed by atoms with E-state index in [1.54, 1.807) is 0 Å². The van der Waals surface area contributed by atoms with Crippen LogP contribution in [0.3, 0.4) is 0 Å². The minimum atomic E-state index is -4.94. The smallest absolute Gasteiger partial charge is 0.265 e. The molecule has 0 radical (unpaired) electrons. The zero-order chi connectivity index (χ0) is 25.0. The largest absolute Gasteiger partial charge is 0.314 e. The lowest BCUT2D eigenvalue weighted by atomic mass is 10.0. The molecule has 2 aromatic heterocycles. The summed E-state index contributed by atoms with van der Waals surface area (Å²) < 4.78 is 59.6. The fourth-order valence-corrected chi connectivity index (χ4v) is 4.35. The highest BCUT2D eigenvalue weighted by Gasteiger charge is 2.19. The third-order valence-electron chi connectivity index (χ3n) is 4.13. The van der Waals surface area contributed by atoms with Crippen LogP contribution in [0.4, 0.5) is 0 Å². The van der Waals surface area contributed by atoms with Crippen LogP contribution in [0, 0.1) is 24.1 Å². The van der Waals surface area contributed by atoms with E-state index in [2.05, 4.69) is 10.1 Å². The number of nitrogens with zero attached hydrogens (tertiary/aromatic N) is 4. The van der Waals surface area contributed by atoms with Gasteiger partial charge in [-0.25, -0.2) is 36.9 Å². The number of halogens is 1. The van der Waals surface area contributed by atoms with Crippen LogP contribution in [0.1, 0.15) is 11.4 Å². The molecule has 12 nitrogen and oxygen atoms in total. The first-order valence-corrected chi connectivity index (χ1v) is 12.6. The van der Waals surface area contributed by atoms with Gasteiger partial charge in [-0.15, -0.1) is 15.3 Å². The van der Waals surface area contributed by atoms with Crippen molar-refractivity contribution in [3.8, 4) is 11.1 Å². The Balaban J connectivity index is 0.000000696. The maximum Gasteiger partial charge on any atom is 0.314 e. The van der Waals surface area contributed by atoms with Gasteiger partial charge in [0.25, 0.3) is 10.0 Å². The maximum absolute atomic E-state index is 12.4. The number of carbonyl (C=O) groups is 1. The van der Waals surface area contributed by atoms with Crippen LogP contribution in [-0.4, -0.2) is 24.1 Å². The van der Waals surface area contributed by atoms with E-state index >= 15 is 0 Å². The molecule has 15 heteroatoms. The summed E-state index contributed by atoms with van der Waals surface area (Å²) in [6.07, 6.45) is 0. The number of benzene rings is 1. The number of hydrogen-bond acceptors (Lipinski definition) is 9. The van der Waals surface area contributed by atoms with Crippen LogP contribution >= 0.6 is 11.3 Å². The fraction of sp³-hybridized carbons (Fsp3) is 0.222.